The highest BCUT2D eigenvalue weighted by molar-refractivity contribution is 4.90. The molecule has 1 aliphatic rings. The molecule has 2 heteroatoms. The highest BCUT2D eigenvalue weighted by atomic mass is 15.2. The minimum atomic E-state index is 0.773. The molecular formula is C9H18N2. The first kappa shape index (κ1) is 8.75. The maximum absolute atomic E-state index is 3.89. The van der Waals surface area contributed by atoms with Crippen molar-refractivity contribution < 1.29 is 0 Å². The molecule has 1 fully saturated rings. The molecule has 64 valence electrons. The number of hydrogen-bond donors (Lipinski definition) is 1. The highest BCUT2D eigenvalue weighted by Gasteiger charge is 2.20. The van der Waals surface area contributed by atoms with Crippen LogP contribution in [0.25, 0.3) is 0 Å². The molecule has 11 heavy (non-hydrogen) atoms. The molecule has 0 unspecified atom stereocenters. The summed E-state index contributed by atoms with van der Waals surface area (Å²) in [5.41, 5.74) is 1.28. The Balaban J connectivity index is 2.09. The summed E-state index contributed by atoms with van der Waals surface area (Å²) in [5, 5.41) is 3.27. The average Bonchev–Trinajstić information content (AvgIpc) is 1.79. The highest BCUT2D eigenvalue weighted by Crippen LogP contribution is 2.04. The van der Waals surface area contributed by atoms with Crippen LogP contribution in [0.4, 0.5) is 0 Å². The van der Waals surface area contributed by atoms with Crippen LogP contribution in [0.1, 0.15) is 13.3 Å². The third-order valence-corrected chi connectivity index (χ3v) is 2.27. The Hall–Kier alpha value is -0.340. The van der Waals surface area contributed by atoms with Crippen molar-refractivity contribution in [1.82, 2.24) is 10.2 Å². The molecule has 0 aromatic heterocycles. The fourth-order valence-corrected chi connectivity index (χ4v) is 1.13. The minimum Gasteiger partial charge on any atom is -0.314 e. The molecular weight excluding hydrogens is 136 g/mol. The molecule has 0 aliphatic carbocycles. The molecule has 1 heterocycles. The van der Waals surface area contributed by atoms with E-state index in [1.165, 1.54) is 5.57 Å². The predicted octanol–water partition coefficient (Wildman–Crippen LogP) is 0.856. The summed E-state index contributed by atoms with van der Waals surface area (Å²) in [6.07, 6.45) is 1.13. The molecule has 1 N–H and O–H groups in total. The summed E-state index contributed by atoms with van der Waals surface area (Å²) in [7, 11) is 2.19. The maximum atomic E-state index is 3.89. The monoisotopic (exact) mass is 154 g/mol. The van der Waals surface area contributed by atoms with Crippen LogP contribution in [-0.2, 0) is 0 Å². The predicted molar refractivity (Wildman–Crippen MR) is 48.7 cm³/mol. The molecule has 0 saturated carbocycles. The van der Waals surface area contributed by atoms with Crippen molar-refractivity contribution in [3.8, 4) is 0 Å². The van der Waals surface area contributed by atoms with Crippen LogP contribution < -0.4 is 5.32 Å². The van der Waals surface area contributed by atoms with Gasteiger partial charge in [-0.2, -0.15) is 0 Å². The van der Waals surface area contributed by atoms with E-state index in [1.54, 1.807) is 0 Å². The first-order valence-electron chi connectivity index (χ1n) is 4.25. The van der Waals surface area contributed by atoms with E-state index in [9.17, 15) is 0 Å². The topological polar surface area (TPSA) is 15.3 Å². The van der Waals surface area contributed by atoms with E-state index in [0.717, 1.165) is 32.1 Å². The summed E-state index contributed by atoms with van der Waals surface area (Å²) < 4.78 is 0. The third kappa shape index (κ3) is 2.64. The lowest BCUT2D eigenvalue weighted by molar-refractivity contribution is 0.182. The number of nitrogens with one attached hydrogen (secondary N) is 1. The summed E-state index contributed by atoms with van der Waals surface area (Å²) in [5.74, 6) is 0. The van der Waals surface area contributed by atoms with Gasteiger partial charge in [-0.15, -0.1) is 6.58 Å². The summed E-state index contributed by atoms with van der Waals surface area (Å²) in [6, 6.07) is 0.773. The SMILES string of the molecule is C=C(C)CCN(C)C1CNC1. The lowest BCUT2D eigenvalue weighted by Crippen LogP contribution is -2.56. The number of likely N-dealkylation sites (N-methyl/N-ethyl adjacent to an activating group) is 1. The second-order valence-corrected chi connectivity index (χ2v) is 3.50. The fraction of sp³-hybridized carbons (Fsp3) is 0.778. The second-order valence-electron chi connectivity index (χ2n) is 3.50. The fourth-order valence-electron chi connectivity index (χ4n) is 1.13. The molecule has 1 rings (SSSR count). The molecule has 0 atom stereocenters. The van der Waals surface area contributed by atoms with E-state index >= 15 is 0 Å². The van der Waals surface area contributed by atoms with Crippen molar-refractivity contribution in [2.45, 2.75) is 19.4 Å². The Morgan fingerprint density at radius 3 is 2.64 bits per heavy atom. The van der Waals surface area contributed by atoms with Gasteiger partial charge in [-0.1, -0.05) is 5.57 Å². The van der Waals surface area contributed by atoms with Crippen molar-refractivity contribution in [3.63, 3.8) is 0 Å². The Morgan fingerprint density at radius 1 is 1.64 bits per heavy atom. The van der Waals surface area contributed by atoms with Crippen molar-refractivity contribution in [2.75, 3.05) is 26.7 Å². The van der Waals surface area contributed by atoms with Crippen LogP contribution in [0.15, 0.2) is 12.2 Å². The van der Waals surface area contributed by atoms with Crippen LogP contribution in [0, 0.1) is 0 Å². The van der Waals surface area contributed by atoms with E-state index in [-0.39, 0.29) is 0 Å². The van der Waals surface area contributed by atoms with Crippen LogP contribution >= 0.6 is 0 Å². The molecule has 0 aromatic rings. The lowest BCUT2D eigenvalue weighted by atomic mass is 10.1. The number of nitrogens with zero attached hydrogens (tertiary/aromatic N) is 1. The van der Waals surface area contributed by atoms with Gasteiger partial charge < -0.3 is 10.2 Å². The quantitative estimate of drug-likeness (QED) is 0.604. The van der Waals surface area contributed by atoms with Crippen LogP contribution in [0.3, 0.4) is 0 Å². The average molecular weight is 154 g/mol. The first-order chi connectivity index (χ1) is 5.20. The Labute approximate surface area is 69.3 Å². The second kappa shape index (κ2) is 3.88. The summed E-state index contributed by atoms with van der Waals surface area (Å²) in [4.78, 5) is 2.41. The smallest absolute Gasteiger partial charge is 0.0342 e. The largest absolute Gasteiger partial charge is 0.314 e. The van der Waals surface area contributed by atoms with Crippen molar-refractivity contribution in [2.24, 2.45) is 0 Å². The van der Waals surface area contributed by atoms with Crippen molar-refractivity contribution >= 4 is 0 Å². The van der Waals surface area contributed by atoms with Gasteiger partial charge in [-0.05, 0) is 20.4 Å². The lowest BCUT2D eigenvalue weighted by Gasteiger charge is -2.35. The molecule has 0 aromatic carbocycles. The van der Waals surface area contributed by atoms with E-state index in [4.69, 9.17) is 0 Å². The first-order valence-corrected chi connectivity index (χ1v) is 4.25. The molecule has 1 saturated heterocycles. The molecule has 0 bridgehead atoms. The van der Waals surface area contributed by atoms with E-state index in [1.807, 2.05) is 0 Å². The minimum absolute atomic E-state index is 0.773. The molecule has 0 amide bonds. The zero-order valence-corrected chi connectivity index (χ0v) is 7.56. The van der Waals surface area contributed by atoms with Gasteiger partial charge in [-0.25, -0.2) is 0 Å². The van der Waals surface area contributed by atoms with Crippen molar-refractivity contribution in [1.29, 1.82) is 0 Å². The number of hydrogen-bond acceptors (Lipinski definition) is 2. The van der Waals surface area contributed by atoms with Gasteiger partial charge in [0.05, 0.1) is 0 Å². The molecule has 0 spiro atoms. The molecule has 1 aliphatic heterocycles. The maximum Gasteiger partial charge on any atom is 0.0342 e. The summed E-state index contributed by atoms with van der Waals surface area (Å²) in [6.45, 7) is 9.45. The van der Waals surface area contributed by atoms with E-state index in [2.05, 4.69) is 30.8 Å². The standard InChI is InChI=1S/C9H18N2/c1-8(2)4-5-11(3)9-6-10-7-9/h9-10H,1,4-7H2,2-3H3. The van der Waals surface area contributed by atoms with Crippen molar-refractivity contribution in [3.05, 3.63) is 12.2 Å². The van der Waals surface area contributed by atoms with Crippen LogP contribution in [-0.4, -0.2) is 37.6 Å². The summed E-state index contributed by atoms with van der Waals surface area (Å²) >= 11 is 0. The zero-order chi connectivity index (χ0) is 8.27. The van der Waals surface area contributed by atoms with Crippen LogP contribution in [0.5, 0.6) is 0 Å². The Morgan fingerprint density at radius 2 is 2.27 bits per heavy atom. The number of rotatable bonds is 4. The molecule has 2 nitrogen and oxygen atoms in total. The van der Waals surface area contributed by atoms with Gasteiger partial charge in [0.2, 0.25) is 0 Å². The third-order valence-electron chi connectivity index (χ3n) is 2.27. The van der Waals surface area contributed by atoms with Gasteiger partial charge in [0, 0.05) is 25.7 Å². The zero-order valence-electron chi connectivity index (χ0n) is 7.56. The van der Waals surface area contributed by atoms with Gasteiger partial charge in [0.25, 0.3) is 0 Å². The van der Waals surface area contributed by atoms with Gasteiger partial charge in [-0.3, -0.25) is 0 Å². The molecule has 0 radical (unpaired) electrons. The van der Waals surface area contributed by atoms with E-state index < -0.39 is 0 Å². The van der Waals surface area contributed by atoms with Crippen LogP contribution in [0.2, 0.25) is 0 Å². The normalized spacial score (nSPS) is 18.5. The Bertz CT molecular complexity index is 138. The van der Waals surface area contributed by atoms with Gasteiger partial charge in [0.1, 0.15) is 0 Å². The Kier molecular flexibility index (Phi) is 3.09. The van der Waals surface area contributed by atoms with Gasteiger partial charge in [0.15, 0.2) is 0 Å². The van der Waals surface area contributed by atoms with Gasteiger partial charge >= 0.3 is 0 Å². The van der Waals surface area contributed by atoms with E-state index in [0.29, 0.717) is 0 Å².